The Morgan fingerprint density at radius 3 is 2.45 bits per heavy atom. The number of hydrogen-bond donors (Lipinski definition) is 1. The first kappa shape index (κ1) is 15.4. The Bertz CT molecular complexity index is 580. The number of alkyl halides is 3. The quantitative estimate of drug-likeness (QED) is 0.824. The SMILES string of the molecule is CCNC(c1ccc(Cl)s1)c1ccccc1C(F)(F)F. The van der Waals surface area contributed by atoms with Crippen LogP contribution in [0, 0.1) is 0 Å². The van der Waals surface area contributed by atoms with Gasteiger partial charge in [0, 0.05) is 4.88 Å². The highest BCUT2D eigenvalue weighted by Gasteiger charge is 2.35. The van der Waals surface area contributed by atoms with E-state index in [2.05, 4.69) is 5.32 Å². The molecule has 2 aromatic rings. The third kappa shape index (κ3) is 3.34. The summed E-state index contributed by atoms with van der Waals surface area (Å²) in [4.78, 5) is 0.772. The van der Waals surface area contributed by atoms with Crippen LogP contribution in [0.25, 0.3) is 0 Å². The zero-order chi connectivity index (χ0) is 14.8. The Hall–Kier alpha value is -1.04. The van der Waals surface area contributed by atoms with E-state index in [0.717, 1.165) is 10.9 Å². The average molecular weight is 320 g/mol. The molecular weight excluding hydrogens is 307 g/mol. The minimum absolute atomic E-state index is 0.223. The Kier molecular flexibility index (Phi) is 4.73. The first-order valence-corrected chi connectivity index (χ1v) is 7.27. The number of hydrogen-bond acceptors (Lipinski definition) is 2. The predicted octanol–water partition coefficient (Wildman–Crippen LogP) is 5.12. The smallest absolute Gasteiger partial charge is 0.306 e. The maximum absolute atomic E-state index is 13.1. The molecule has 0 bridgehead atoms. The molecule has 0 saturated heterocycles. The second-order valence-corrected chi connectivity index (χ2v) is 5.96. The molecule has 6 heteroatoms. The van der Waals surface area contributed by atoms with Crippen molar-refractivity contribution in [3.8, 4) is 0 Å². The largest absolute Gasteiger partial charge is 0.416 e. The summed E-state index contributed by atoms with van der Waals surface area (Å²) in [7, 11) is 0. The lowest BCUT2D eigenvalue weighted by atomic mass is 9.98. The number of rotatable bonds is 4. The molecule has 108 valence electrons. The fraction of sp³-hybridized carbons (Fsp3) is 0.286. The van der Waals surface area contributed by atoms with Gasteiger partial charge in [0.25, 0.3) is 0 Å². The van der Waals surface area contributed by atoms with Gasteiger partial charge in [-0.3, -0.25) is 0 Å². The molecular formula is C14H13ClF3NS. The van der Waals surface area contributed by atoms with Crippen LogP contribution in [-0.4, -0.2) is 6.54 Å². The van der Waals surface area contributed by atoms with Crippen LogP contribution in [-0.2, 0) is 6.18 Å². The van der Waals surface area contributed by atoms with E-state index in [9.17, 15) is 13.2 Å². The lowest BCUT2D eigenvalue weighted by Gasteiger charge is -2.21. The van der Waals surface area contributed by atoms with Gasteiger partial charge in [0.2, 0.25) is 0 Å². The van der Waals surface area contributed by atoms with Crippen LogP contribution < -0.4 is 5.32 Å². The van der Waals surface area contributed by atoms with Crippen molar-refractivity contribution < 1.29 is 13.2 Å². The van der Waals surface area contributed by atoms with E-state index in [4.69, 9.17) is 11.6 Å². The van der Waals surface area contributed by atoms with E-state index in [-0.39, 0.29) is 5.56 Å². The predicted molar refractivity (Wildman–Crippen MR) is 76.3 cm³/mol. The minimum Gasteiger partial charge on any atom is -0.306 e. The summed E-state index contributed by atoms with van der Waals surface area (Å²) < 4.78 is 39.9. The molecule has 0 aliphatic carbocycles. The van der Waals surface area contributed by atoms with Gasteiger partial charge >= 0.3 is 6.18 Å². The Morgan fingerprint density at radius 1 is 1.20 bits per heavy atom. The fourth-order valence-corrected chi connectivity index (χ4v) is 3.21. The summed E-state index contributed by atoms with van der Waals surface area (Å²) >= 11 is 7.18. The lowest BCUT2D eigenvalue weighted by Crippen LogP contribution is -2.24. The summed E-state index contributed by atoms with van der Waals surface area (Å²) in [5.74, 6) is 0. The van der Waals surface area contributed by atoms with E-state index in [0.29, 0.717) is 10.9 Å². The summed E-state index contributed by atoms with van der Waals surface area (Å²) in [6.07, 6.45) is -4.37. The first-order valence-electron chi connectivity index (χ1n) is 6.08. The van der Waals surface area contributed by atoms with Crippen molar-refractivity contribution in [2.75, 3.05) is 6.54 Å². The maximum atomic E-state index is 13.1. The highest BCUT2D eigenvalue weighted by Crippen LogP contribution is 2.38. The molecule has 0 saturated carbocycles. The van der Waals surface area contributed by atoms with Crippen molar-refractivity contribution in [1.82, 2.24) is 5.32 Å². The van der Waals surface area contributed by atoms with Crippen molar-refractivity contribution >= 4 is 22.9 Å². The molecule has 1 atom stereocenters. The fourth-order valence-electron chi connectivity index (χ4n) is 2.06. The van der Waals surface area contributed by atoms with Crippen LogP contribution >= 0.6 is 22.9 Å². The van der Waals surface area contributed by atoms with E-state index in [1.54, 1.807) is 18.2 Å². The molecule has 0 amide bonds. The molecule has 1 N–H and O–H groups in total. The van der Waals surface area contributed by atoms with Gasteiger partial charge in [-0.2, -0.15) is 13.2 Å². The van der Waals surface area contributed by atoms with Gasteiger partial charge in [0.05, 0.1) is 15.9 Å². The molecule has 0 fully saturated rings. The summed E-state index contributed by atoms with van der Waals surface area (Å²) in [5.41, 5.74) is -0.393. The number of nitrogens with one attached hydrogen (secondary N) is 1. The Morgan fingerprint density at radius 2 is 1.90 bits per heavy atom. The van der Waals surface area contributed by atoms with Gasteiger partial charge in [0.1, 0.15) is 0 Å². The molecule has 0 aliphatic heterocycles. The van der Waals surface area contributed by atoms with Crippen LogP contribution in [0.3, 0.4) is 0 Å². The average Bonchev–Trinajstić information content (AvgIpc) is 2.81. The van der Waals surface area contributed by atoms with E-state index in [1.807, 2.05) is 6.92 Å². The molecule has 1 aromatic heterocycles. The molecule has 1 aromatic carbocycles. The van der Waals surface area contributed by atoms with Gasteiger partial charge in [0.15, 0.2) is 0 Å². The topological polar surface area (TPSA) is 12.0 Å². The highest BCUT2D eigenvalue weighted by atomic mass is 35.5. The molecule has 20 heavy (non-hydrogen) atoms. The van der Waals surface area contributed by atoms with Crippen molar-refractivity contribution in [2.45, 2.75) is 19.1 Å². The van der Waals surface area contributed by atoms with Crippen LogP contribution in [0.15, 0.2) is 36.4 Å². The molecule has 1 nitrogen and oxygen atoms in total. The summed E-state index contributed by atoms with van der Waals surface area (Å²) in [6.45, 7) is 2.42. The zero-order valence-corrected chi connectivity index (χ0v) is 12.2. The first-order chi connectivity index (χ1) is 9.43. The van der Waals surface area contributed by atoms with Gasteiger partial charge in [-0.05, 0) is 30.3 Å². The van der Waals surface area contributed by atoms with E-state index in [1.165, 1.54) is 23.5 Å². The number of halogens is 4. The standard InChI is InChI=1S/C14H13ClF3NS/c1-2-19-13(11-7-8-12(15)20-11)9-5-3-4-6-10(9)14(16,17)18/h3-8,13,19H,2H2,1H3. The van der Waals surface area contributed by atoms with Gasteiger partial charge in [-0.25, -0.2) is 0 Å². The lowest BCUT2D eigenvalue weighted by molar-refractivity contribution is -0.138. The van der Waals surface area contributed by atoms with Crippen LogP contribution in [0.2, 0.25) is 4.34 Å². The van der Waals surface area contributed by atoms with Crippen LogP contribution in [0.4, 0.5) is 13.2 Å². The van der Waals surface area contributed by atoms with E-state index >= 15 is 0 Å². The zero-order valence-electron chi connectivity index (χ0n) is 10.7. The minimum atomic E-state index is -4.37. The maximum Gasteiger partial charge on any atom is 0.416 e. The van der Waals surface area contributed by atoms with Gasteiger partial charge < -0.3 is 5.32 Å². The Labute approximate surface area is 124 Å². The molecule has 2 rings (SSSR count). The van der Waals surface area contributed by atoms with Crippen molar-refractivity contribution in [2.24, 2.45) is 0 Å². The van der Waals surface area contributed by atoms with Gasteiger partial charge in [-0.1, -0.05) is 36.7 Å². The van der Waals surface area contributed by atoms with E-state index < -0.39 is 17.8 Å². The summed E-state index contributed by atoms with van der Waals surface area (Å²) in [5, 5.41) is 3.09. The molecule has 0 spiro atoms. The molecule has 1 heterocycles. The normalized spacial score (nSPS) is 13.4. The third-order valence-electron chi connectivity index (χ3n) is 2.86. The van der Waals surface area contributed by atoms with Crippen molar-refractivity contribution in [1.29, 1.82) is 0 Å². The number of thiophene rings is 1. The number of benzene rings is 1. The van der Waals surface area contributed by atoms with Gasteiger partial charge in [-0.15, -0.1) is 11.3 Å². The van der Waals surface area contributed by atoms with Crippen LogP contribution in [0.1, 0.15) is 29.0 Å². The molecule has 0 aliphatic rings. The molecule has 1 unspecified atom stereocenters. The summed E-state index contributed by atoms with van der Waals surface area (Å²) in [6, 6.07) is 8.57. The second kappa shape index (κ2) is 6.16. The second-order valence-electron chi connectivity index (χ2n) is 4.22. The van der Waals surface area contributed by atoms with Crippen molar-refractivity contribution in [3.05, 3.63) is 56.7 Å². The Balaban J connectivity index is 2.50. The highest BCUT2D eigenvalue weighted by molar-refractivity contribution is 7.16. The van der Waals surface area contributed by atoms with Crippen molar-refractivity contribution in [3.63, 3.8) is 0 Å². The monoisotopic (exact) mass is 319 g/mol. The third-order valence-corrected chi connectivity index (χ3v) is 4.16. The van der Waals surface area contributed by atoms with Crippen LogP contribution in [0.5, 0.6) is 0 Å². The molecule has 0 radical (unpaired) electrons.